The Morgan fingerprint density at radius 3 is 2.16 bits per heavy atom. The second-order valence-electron chi connectivity index (χ2n) is 7.53. The van der Waals surface area contributed by atoms with Gasteiger partial charge in [0.25, 0.3) is 0 Å². The third-order valence-corrected chi connectivity index (χ3v) is 5.66. The van der Waals surface area contributed by atoms with Gasteiger partial charge in [-0.25, -0.2) is 0 Å². The van der Waals surface area contributed by atoms with E-state index < -0.39 is 0 Å². The minimum Gasteiger partial charge on any atom is -0.497 e. The number of ether oxygens (including phenoxy) is 3. The summed E-state index contributed by atoms with van der Waals surface area (Å²) in [6.45, 7) is 0.684. The van der Waals surface area contributed by atoms with Crippen LogP contribution < -0.4 is 14.2 Å². The molecule has 0 spiro atoms. The summed E-state index contributed by atoms with van der Waals surface area (Å²) in [5.74, 6) is 2.43. The quantitative estimate of drug-likeness (QED) is 0.371. The number of rotatable bonds is 6. The van der Waals surface area contributed by atoms with Gasteiger partial charge in [0.1, 0.15) is 28.6 Å². The number of aromatic nitrogens is 3. The fourth-order valence-corrected chi connectivity index (χ4v) is 4.01. The second kappa shape index (κ2) is 8.23. The van der Waals surface area contributed by atoms with Crippen molar-refractivity contribution in [3.05, 3.63) is 78.5 Å². The molecule has 2 aliphatic heterocycles. The maximum absolute atomic E-state index is 5.49. The number of pyridine rings is 1. The standard InChI is InChI=1S/C26H23N3O3/c1-30-19-9-7-18(8-10-19)25-23-16-29(15-17-5-4-6-20(13-17)31-2)24-12-11-21(32-3)14-22(24)26(23)28-27-25/h4-14,16H,15H2,1-3H3. The van der Waals surface area contributed by atoms with E-state index in [4.69, 9.17) is 14.2 Å². The molecule has 0 aliphatic carbocycles. The van der Waals surface area contributed by atoms with Crippen LogP contribution >= 0.6 is 0 Å². The summed E-state index contributed by atoms with van der Waals surface area (Å²) in [4.78, 5) is 0. The Labute approximate surface area is 186 Å². The molecule has 0 atom stereocenters. The highest BCUT2D eigenvalue weighted by Gasteiger charge is 2.21. The van der Waals surface area contributed by atoms with Crippen LogP contribution in [0.15, 0.2) is 72.9 Å². The molecule has 160 valence electrons. The van der Waals surface area contributed by atoms with E-state index in [2.05, 4.69) is 39.2 Å². The lowest BCUT2D eigenvalue weighted by Crippen LogP contribution is -2.04. The van der Waals surface area contributed by atoms with E-state index in [1.165, 1.54) is 0 Å². The Hall–Kier alpha value is -4.06. The van der Waals surface area contributed by atoms with E-state index in [-0.39, 0.29) is 0 Å². The number of nitrogens with zero attached hydrogens (tertiary/aromatic N) is 3. The molecule has 0 radical (unpaired) electrons. The lowest BCUT2D eigenvalue weighted by Gasteiger charge is -2.16. The molecule has 0 aromatic heterocycles. The summed E-state index contributed by atoms with van der Waals surface area (Å²) in [6.07, 6.45) is 2.13. The Bertz CT molecular complexity index is 1360. The molecule has 0 N–H and O–H groups in total. The number of methoxy groups -OCH3 is 3. The first kappa shape index (κ1) is 19.9. The molecule has 3 aromatic rings. The van der Waals surface area contributed by atoms with Crippen molar-refractivity contribution in [2.24, 2.45) is 0 Å². The van der Waals surface area contributed by atoms with Crippen LogP contribution in [0, 0.1) is 0 Å². The van der Waals surface area contributed by atoms with Gasteiger partial charge >= 0.3 is 0 Å². The second-order valence-corrected chi connectivity index (χ2v) is 7.53. The Balaban J connectivity index is 1.69. The van der Waals surface area contributed by atoms with Gasteiger partial charge in [-0.1, -0.05) is 12.1 Å². The van der Waals surface area contributed by atoms with Gasteiger partial charge < -0.3 is 18.8 Å². The van der Waals surface area contributed by atoms with Crippen LogP contribution in [-0.2, 0) is 6.54 Å². The highest BCUT2D eigenvalue weighted by Crippen LogP contribution is 2.38. The first-order valence-corrected chi connectivity index (χ1v) is 10.3. The average molecular weight is 425 g/mol. The number of hydrogen-bond donors (Lipinski definition) is 0. The fraction of sp³-hybridized carbons (Fsp3) is 0.154. The smallest absolute Gasteiger partial charge is 0.119 e. The molecule has 0 unspecified atom stereocenters. The number of hydrogen-bond acceptors (Lipinski definition) is 5. The first-order chi connectivity index (χ1) is 15.7. The molecule has 0 bridgehead atoms. The summed E-state index contributed by atoms with van der Waals surface area (Å²) < 4.78 is 18.4. The normalized spacial score (nSPS) is 11.1. The van der Waals surface area contributed by atoms with Gasteiger partial charge in [0.05, 0.1) is 26.8 Å². The zero-order chi connectivity index (χ0) is 22.1. The summed E-state index contributed by atoms with van der Waals surface area (Å²) >= 11 is 0. The molecule has 0 saturated heterocycles. The highest BCUT2D eigenvalue weighted by molar-refractivity contribution is 5.98. The molecule has 3 aromatic carbocycles. The molecule has 32 heavy (non-hydrogen) atoms. The monoisotopic (exact) mass is 425 g/mol. The molecule has 0 saturated carbocycles. The zero-order valence-electron chi connectivity index (χ0n) is 18.2. The van der Waals surface area contributed by atoms with Crippen LogP contribution in [-0.4, -0.2) is 36.1 Å². The van der Waals surface area contributed by atoms with Gasteiger partial charge in [0.15, 0.2) is 0 Å². The first-order valence-electron chi connectivity index (χ1n) is 10.3. The Morgan fingerprint density at radius 1 is 0.719 bits per heavy atom. The molecule has 2 aliphatic rings. The average Bonchev–Trinajstić information content (AvgIpc) is 3.28. The van der Waals surface area contributed by atoms with Gasteiger partial charge in [0.2, 0.25) is 0 Å². The Morgan fingerprint density at radius 2 is 1.41 bits per heavy atom. The summed E-state index contributed by atoms with van der Waals surface area (Å²) in [6, 6.07) is 22.0. The lowest BCUT2D eigenvalue weighted by molar-refractivity contribution is 0.414. The number of fused-ring (bicyclic) bond motifs is 3. The van der Waals surface area contributed by atoms with Crippen molar-refractivity contribution < 1.29 is 14.2 Å². The Kier molecular flexibility index (Phi) is 5.11. The van der Waals surface area contributed by atoms with Crippen LogP contribution in [0.25, 0.3) is 33.4 Å². The van der Waals surface area contributed by atoms with Crippen LogP contribution in [0.2, 0.25) is 0 Å². The summed E-state index contributed by atoms with van der Waals surface area (Å²) in [5.41, 5.74) is 5.87. The zero-order valence-corrected chi connectivity index (χ0v) is 18.2. The van der Waals surface area contributed by atoms with Crippen LogP contribution in [0.4, 0.5) is 0 Å². The van der Waals surface area contributed by atoms with E-state index in [0.29, 0.717) is 6.54 Å². The van der Waals surface area contributed by atoms with Gasteiger partial charge in [-0.15, -0.1) is 10.2 Å². The van der Waals surface area contributed by atoms with E-state index in [0.717, 1.165) is 56.2 Å². The van der Waals surface area contributed by atoms with Crippen molar-refractivity contribution in [2.45, 2.75) is 6.54 Å². The minimum atomic E-state index is 0.684. The van der Waals surface area contributed by atoms with E-state index in [1.807, 2.05) is 48.5 Å². The third-order valence-electron chi connectivity index (χ3n) is 5.66. The van der Waals surface area contributed by atoms with Crippen LogP contribution in [0.3, 0.4) is 0 Å². The number of benzene rings is 3. The van der Waals surface area contributed by atoms with E-state index >= 15 is 0 Å². The van der Waals surface area contributed by atoms with Gasteiger partial charge in [-0.05, 0) is 60.2 Å². The predicted molar refractivity (Wildman–Crippen MR) is 125 cm³/mol. The van der Waals surface area contributed by atoms with Gasteiger partial charge in [0, 0.05) is 29.3 Å². The molecular weight excluding hydrogens is 402 g/mol. The molecule has 5 rings (SSSR count). The summed E-state index contributed by atoms with van der Waals surface area (Å²) in [5, 5.41) is 10.1. The molecule has 0 amide bonds. The maximum Gasteiger partial charge on any atom is 0.119 e. The van der Waals surface area contributed by atoms with Crippen LogP contribution in [0.1, 0.15) is 5.56 Å². The topological polar surface area (TPSA) is 58.4 Å². The predicted octanol–water partition coefficient (Wildman–Crippen LogP) is 5.28. The van der Waals surface area contributed by atoms with Crippen molar-refractivity contribution in [2.75, 3.05) is 21.3 Å². The largest absolute Gasteiger partial charge is 0.497 e. The van der Waals surface area contributed by atoms with Crippen molar-refractivity contribution >= 4 is 10.9 Å². The van der Waals surface area contributed by atoms with Crippen molar-refractivity contribution in [3.8, 4) is 39.8 Å². The van der Waals surface area contributed by atoms with E-state index in [9.17, 15) is 0 Å². The van der Waals surface area contributed by atoms with Gasteiger partial charge in [-0.3, -0.25) is 0 Å². The third kappa shape index (κ3) is 3.50. The fourth-order valence-electron chi connectivity index (χ4n) is 4.01. The SMILES string of the molecule is COc1ccc(-c2nnc3c4cc(OC)ccc4n(Cc4cccc(OC)c4)cc2-3)cc1. The van der Waals surface area contributed by atoms with Crippen molar-refractivity contribution in [3.63, 3.8) is 0 Å². The molecule has 2 heterocycles. The lowest BCUT2D eigenvalue weighted by atomic mass is 10.0. The molecule has 6 heteroatoms. The van der Waals surface area contributed by atoms with Crippen LogP contribution in [0.5, 0.6) is 17.2 Å². The molecular formula is C26H23N3O3. The van der Waals surface area contributed by atoms with E-state index in [1.54, 1.807) is 21.3 Å². The maximum atomic E-state index is 5.49. The summed E-state index contributed by atoms with van der Waals surface area (Å²) in [7, 11) is 5.02. The van der Waals surface area contributed by atoms with Gasteiger partial charge in [-0.2, -0.15) is 0 Å². The molecule has 6 nitrogen and oxygen atoms in total. The van der Waals surface area contributed by atoms with Crippen molar-refractivity contribution in [1.82, 2.24) is 14.8 Å². The highest BCUT2D eigenvalue weighted by atomic mass is 16.5. The van der Waals surface area contributed by atoms with Crippen molar-refractivity contribution in [1.29, 1.82) is 0 Å². The molecule has 0 fully saturated rings. The minimum absolute atomic E-state index is 0.684.